The van der Waals surface area contributed by atoms with Crippen molar-refractivity contribution in [2.45, 2.75) is 23.4 Å². The summed E-state index contributed by atoms with van der Waals surface area (Å²) in [4.78, 5) is 17.4. The number of benzene rings is 3. The third-order valence-corrected chi connectivity index (χ3v) is 8.67. The van der Waals surface area contributed by atoms with Crippen LogP contribution in [-0.4, -0.2) is 66.3 Å². The van der Waals surface area contributed by atoms with E-state index in [1.54, 1.807) is 19.1 Å². The van der Waals surface area contributed by atoms with Crippen molar-refractivity contribution >= 4 is 27.7 Å². The van der Waals surface area contributed by atoms with Crippen LogP contribution in [0.2, 0.25) is 0 Å². The Morgan fingerprint density at radius 3 is 2.46 bits per heavy atom. The lowest BCUT2D eigenvalue weighted by atomic mass is 10.1. The number of nitrogens with zero attached hydrogens (tertiary/aromatic N) is 3. The second-order valence-corrected chi connectivity index (χ2v) is 11.7. The Balaban J connectivity index is 1.37. The second kappa shape index (κ2) is 13.4. The van der Waals surface area contributed by atoms with E-state index in [0.717, 1.165) is 11.1 Å². The van der Waals surface area contributed by atoms with Crippen LogP contribution in [0.15, 0.2) is 88.9 Å². The van der Waals surface area contributed by atoms with Crippen molar-refractivity contribution in [3.63, 3.8) is 0 Å². The maximum Gasteiger partial charge on any atom is 0.243 e. The van der Waals surface area contributed by atoms with Gasteiger partial charge in [0, 0.05) is 24.4 Å². The smallest absolute Gasteiger partial charge is 0.243 e. The van der Waals surface area contributed by atoms with E-state index in [-0.39, 0.29) is 23.9 Å². The summed E-state index contributed by atoms with van der Waals surface area (Å²) in [6, 6.07) is 24.0. The van der Waals surface area contributed by atoms with Crippen molar-refractivity contribution in [1.29, 1.82) is 0 Å². The highest BCUT2D eigenvalue weighted by Gasteiger charge is 2.27. The van der Waals surface area contributed by atoms with Gasteiger partial charge in [-0.15, -0.1) is 5.10 Å². The van der Waals surface area contributed by atoms with Crippen molar-refractivity contribution in [2.75, 3.05) is 32.5 Å². The first kappa shape index (κ1) is 28.3. The Bertz CT molecular complexity index is 1480. The predicted molar refractivity (Wildman–Crippen MR) is 152 cm³/mol. The molecule has 204 valence electrons. The number of rotatable bonds is 13. The highest BCUT2D eigenvalue weighted by Crippen LogP contribution is 2.24. The number of aryl methyl sites for hydroxylation is 1. The number of thioether (sulfide) groups is 1. The molecule has 0 fully saturated rings. The van der Waals surface area contributed by atoms with E-state index in [1.807, 2.05) is 60.7 Å². The molecule has 0 aliphatic heterocycles. The van der Waals surface area contributed by atoms with Crippen LogP contribution in [0.1, 0.15) is 11.1 Å². The number of methoxy groups -OCH3 is 1. The molecule has 11 heteroatoms. The molecule has 9 nitrogen and oxygen atoms in total. The van der Waals surface area contributed by atoms with E-state index in [2.05, 4.69) is 20.5 Å². The number of carbonyl (C=O) groups is 1. The number of amides is 1. The molecule has 1 heterocycles. The van der Waals surface area contributed by atoms with Crippen molar-refractivity contribution in [3.8, 4) is 17.1 Å². The van der Waals surface area contributed by atoms with Gasteiger partial charge in [-0.3, -0.25) is 9.89 Å². The van der Waals surface area contributed by atoms with Gasteiger partial charge in [0.05, 0.1) is 18.6 Å². The molecule has 0 atom stereocenters. The van der Waals surface area contributed by atoms with Gasteiger partial charge in [-0.1, -0.05) is 72.4 Å². The van der Waals surface area contributed by atoms with Crippen molar-refractivity contribution in [3.05, 3.63) is 90.0 Å². The van der Waals surface area contributed by atoms with E-state index in [1.165, 1.54) is 29.2 Å². The summed E-state index contributed by atoms with van der Waals surface area (Å²) in [6.07, 6.45) is 0.479. The van der Waals surface area contributed by atoms with E-state index in [4.69, 9.17) is 4.74 Å². The molecular weight excluding hydrogens is 534 g/mol. The lowest BCUT2D eigenvalue weighted by Gasteiger charge is -2.22. The Hall–Kier alpha value is -3.67. The normalized spacial score (nSPS) is 11.5. The van der Waals surface area contributed by atoms with Gasteiger partial charge in [-0.2, -0.15) is 4.31 Å². The quantitative estimate of drug-likeness (QED) is 0.186. The first-order valence-electron chi connectivity index (χ1n) is 12.4. The van der Waals surface area contributed by atoms with Crippen LogP contribution in [0.3, 0.4) is 0 Å². The minimum atomic E-state index is -3.92. The van der Waals surface area contributed by atoms with Crippen LogP contribution in [0.4, 0.5) is 0 Å². The molecule has 4 aromatic rings. The number of ether oxygens (including phenoxy) is 1. The average molecular weight is 566 g/mol. The second-order valence-electron chi connectivity index (χ2n) is 8.74. The zero-order chi connectivity index (χ0) is 27.7. The third kappa shape index (κ3) is 7.69. The zero-order valence-corrected chi connectivity index (χ0v) is 23.5. The van der Waals surface area contributed by atoms with Crippen molar-refractivity contribution in [1.82, 2.24) is 24.8 Å². The minimum Gasteiger partial charge on any atom is -0.496 e. The lowest BCUT2D eigenvalue weighted by molar-refractivity contribution is -0.121. The van der Waals surface area contributed by atoms with Gasteiger partial charge < -0.3 is 10.1 Å². The van der Waals surface area contributed by atoms with E-state index in [9.17, 15) is 13.2 Å². The number of hydrogen-bond acceptors (Lipinski definition) is 7. The van der Waals surface area contributed by atoms with Gasteiger partial charge in [0.2, 0.25) is 21.1 Å². The van der Waals surface area contributed by atoms with Crippen LogP contribution in [0, 0.1) is 6.92 Å². The highest BCUT2D eigenvalue weighted by molar-refractivity contribution is 7.99. The maximum atomic E-state index is 13.6. The summed E-state index contributed by atoms with van der Waals surface area (Å²) in [7, 11) is -2.39. The Morgan fingerprint density at radius 2 is 1.77 bits per heavy atom. The number of nitrogens with one attached hydrogen (secondary N) is 2. The molecule has 0 spiro atoms. The zero-order valence-electron chi connectivity index (χ0n) is 21.8. The first-order chi connectivity index (χ1) is 18.9. The van der Waals surface area contributed by atoms with Crippen LogP contribution >= 0.6 is 11.8 Å². The van der Waals surface area contributed by atoms with Gasteiger partial charge in [0.25, 0.3) is 0 Å². The summed E-state index contributed by atoms with van der Waals surface area (Å²) in [5, 5.41) is 10.5. The molecule has 1 aromatic heterocycles. The fourth-order valence-corrected chi connectivity index (χ4v) is 6.06. The van der Waals surface area contributed by atoms with Crippen molar-refractivity contribution < 1.29 is 17.9 Å². The molecule has 0 bridgehead atoms. The Morgan fingerprint density at radius 1 is 1.05 bits per heavy atom. The SMILES string of the molecule is COc1ccc(S(=O)(=O)N(CCc2ccccc2)CC(=O)NCCSc2n[nH]c(-c3ccccc3)n2)cc1C. The lowest BCUT2D eigenvalue weighted by Crippen LogP contribution is -2.42. The Labute approximate surface area is 233 Å². The highest BCUT2D eigenvalue weighted by atomic mass is 32.2. The Kier molecular flexibility index (Phi) is 9.74. The maximum absolute atomic E-state index is 13.6. The molecule has 0 saturated carbocycles. The molecule has 39 heavy (non-hydrogen) atoms. The molecule has 1 amide bonds. The minimum absolute atomic E-state index is 0.121. The van der Waals surface area contributed by atoms with Crippen LogP contribution in [-0.2, 0) is 21.2 Å². The van der Waals surface area contributed by atoms with Crippen LogP contribution in [0.5, 0.6) is 5.75 Å². The van der Waals surface area contributed by atoms with Gasteiger partial charge in [0.15, 0.2) is 5.82 Å². The monoisotopic (exact) mass is 565 g/mol. The number of hydrogen-bond donors (Lipinski definition) is 2. The van der Waals surface area contributed by atoms with Crippen LogP contribution < -0.4 is 10.1 Å². The molecule has 3 aromatic carbocycles. The van der Waals surface area contributed by atoms with Gasteiger partial charge in [-0.25, -0.2) is 13.4 Å². The summed E-state index contributed by atoms with van der Waals surface area (Å²) in [5.74, 6) is 1.43. The predicted octanol–water partition coefficient (Wildman–Crippen LogP) is 3.93. The van der Waals surface area contributed by atoms with Crippen molar-refractivity contribution in [2.24, 2.45) is 0 Å². The molecular formula is C28H31N5O4S2. The standard InChI is InChI=1S/C28H31N5O4S2/c1-21-19-24(13-14-25(21)37-2)39(35,36)33(17-15-22-9-5-3-6-10-22)20-26(34)29-16-18-38-28-30-27(31-32-28)23-11-7-4-8-12-23/h3-14,19H,15-18,20H2,1-2H3,(H,29,34)(H,30,31,32). The third-order valence-electron chi connectivity index (χ3n) is 5.98. The van der Waals surface area contributed by atoms with Gasteiger partial charge >= 0.3 is 0 Å². The van der Waals surface area contributed by atoms with Crippen LogP contribution in [0.25, 0.3) is 11.4 Å². The topological polar surface area (TPSA) is 117 Å². The first-order valence-corrected chi connectivity index (χ1v) is 14.9. The molecule has 0 saturated heterocycles. The number of carbonyl (C=O) groups excluding carboxylic acids is 1. The number of H-pyrrole nitrogens is 1. The molecule has 0 radical (unpaired) electrons. The summed E-state index contributed by atoms with van der Waals surface area (Å²) >= 11 is 1.40. The summed E-state index contributed by atoms with van der Waals surface area (Å²) in [5.41, 5.74) is 2.63. The number of sulfonamides is 1. The van der Waals surface area contributed by atoms with Gasteiger partial charge in [0.1, 0.15) is 5.75 Å². The van der Waals surface area contributed by atoms with E-state index in [0.29, 0.717) is 41.0 Å². The molecule has 0 unspecified atom stereocenters. The molecule has 4 rings (SSSR count). The van der Waals surface area contributed by atoms with E-state index >= 15 is 0 Å². The molecule has 0 aliphatic rings. The molecule has 2 N–H and O–H groups in total. The number of aromatic amines is 1. The number of aromatic nitrogens is 3. The average Bonchev–Trinajstić information content (AvgIpc) is 3.43. The fourth-order valence-electron chi connectivity index (χ4n) is 3.93. The molecule has 0 aliphatic carbocycles. The summed E-state index contributed by atoms with van der Waals surface area (Å²) in [6.45, 7) is 2.00. The van der Waals surface area contributed by atoms with E-state index < -0.39 is 10.0 Å². The largest absolute Gasteiger partial charge is 0.496 e. The van der Waals surface area contributed by atoms with Gasteiger partial charge in [-0.05, 0) is 42.7 Å². The summed E-state index contributed by atoms with van der Waals surface area (Å²) < 4.78 is 33.6. The fraction of sp³-hybridized carbons (Fsp3) is 0.250.